The molecule has 0 atom stereocenters. The third kappa shape index (κ3) is 4.27. The fourth-order valence-electron chi connectivity index (χ4n) is 3.43. The lowest BCUT2D eigenvalue weighted by molar-refractivity contribution is -0.128. The fourth-order valence-corrected chi connectivity index (χ4v) is 4.33. The van der Waals surface area contributed by atoms with Gasteiger partial charge in [-0.15, -0.1) is 10.2 Å². The molecule has 0 aliphatic carbocycles. The summed E-state index contributed by atoms with van der Waals surface area (Å²) in [5, 5.41) is 9.09. The largest absolute Gasteiger partial charge is 0.366 e. The highest BCUT2D eigenvalue weighted by atomic mass is 32.2. The smallest absolute Gasteiger partial charge is 0.233 e. The number of carbonyl (C=O) groups excluding carboxylic acids is 1. The summed E-state index contributed by atoms with van der Waals surface area (Å²) in [6.45, 7) is 4.30. The summed E-state index contributed by atoms with van der Waals surface area (Å²) < 4.78 is 15.9. The van der Waals surface area contributed by atoms with Gasteiger partial charge >= 0.3 is 0 Å². The highest BCUT2D eigenvalue weighted by Crippen LogP contribution is 2.23. The zero-order chi connectivity index (χ0) is 20.2. The Balaban J connectivity index is 1.35. The van der Waals surface area contributed by atoms with E-state index in [0.717, 1.165) is 11.5 Å². The predicted octanol–water partition coefficient (Wildman–Crippen LogP) is 3.16. The molecular weight excluding hydrogens is 389 g/mol. The summed E-state index contributed by atoms with van der Waals surface area (Å²) in [7, 11) is 0. The van der Waals surface area contributed by atoms with E-state index in [1.807, 2.05) is 57.7 Å². The minimum absolute atomic E-state index is 0.0587. The Labute approximate surface area is 173 Å². The average Bonchev–Trinajstić information content (AvgIpc) is 3.13. The van der Waals surface area contributed by atoms with Crippen LogP contribution in [0.2, 0.25) is 0 Å². The number of benzene rings is 2. The van der Waals surface area contributed by atoms with Crippen LogP contribution in [-0.2, 0) is 4.79 Å². The van der Waals surface area contributed by atoms with E-state index in [0.29, 0.717) is 42.8 Å². The molecule has 0 bridgehead atoms. The number of aromatic nitrogens is 3. The maximum atomic E-state index is 14.0. The summed E-state index contributed by atoms with van der Waals surface area (Å²) in [6, 6.07) is 16.6. The minimum Gasteiger partial charge on any atom is -0.366 e. The lowest BCUT2D eigenvalue weighted by Crippen LogP contribution is -2.49. The van der Waals surface area contributed by atoms with Crippen molar-refractivity contribution in [2.45, 2.75) is 12.1 Å². The van der Waals surface area contributed by atoms with Crippen molar-refractivity contribution in [3.05, 3.63) is 66.2 Å². The number of hydrogen-bond donors (Lipinski definition) is 0. The summed E-state index contributed by atoms with van der Waals surface area (Å²) in [5.74, 6) is 0.913. The number of thioether (sulfide) groups is 1. The Hall–Kier alpha value is -2.87. The number of nitrogens with zero attached hydrogens (tertiary/aromatic N) is 5. The first-order valence-electron chi connectivity index (χ1n) is 9.51. The van der Waals surface area contributed by atoms with Crippen LogP contribution in [0.25, 0.3) is 5.69 Å². The lowest BCUT2D eigenvalue weighted by atomic mass is 10.2. The number of aryl methyl sites for hydroxylation is 1. The van der Waals surface area contributed by atoms with Crippen LogP contribution in [-0.4, -0.2) is 57.5 Å². The topological polar surface area (TPSA) is 54.3 Å². The van der Waals surface area contributed by atoms with Gasteiger partial charge in [0.05, 0.1) is 11.4 Å². The van der Waals surface area contributed by atoms with Crippen molar-refractivity contribution >= 4 is 23.4 Å². The normalized spacial score (nSPS) is 14.3. The van der Waals surface area contributed by atoms with Crippen molar-refractivity contribution in [1.29, 1.82) is 0 Å². The van der Waals surface area contributed by atoms with Gasteiger partial charge < -0.3 is 9.80 Å². The van der Waals surface area contributed by atoms with Crippen LogP contribution >= 0.6 is 11.8 Å². The van der Waals surface area contributed by atoms with Crippen molar-refractivity contribution in [1.82, 2.24) is 19.7 Å². The van der Waals surface area contributed by atoms with Gasteiger partial charge in [-0.3, -0.25) is 9.36 Å². The molecule has 150 valence electrons. The summed E-state index contributed by atoms with van der Waals surface area (Å²) in [5.41, 5.74) is 1.57. The standard InChI is InChI=1S/C21H22FN5OS/c1-16-23-24-21(27(16)17-7-3-2-4-8-17)29-15-20(28)26-13-11-25(12-14-26)19-10-6-5-9-18(19)22/h2-10H,11-15H2,1H3. The van der Waals surface area contributed by atoms with Gasteiger partial charge in [-0.1, -0.05) is 42.1 Å². The molecule has 0 unspecified atom stereocenters. The zero-order valence-electron chi connectivity index (χ0n) is 16.2. The van der Waals surface area contributed by atoms with E-state index in [-0.39, 0.29) is 11.7 Å². The molecule has 1 saturated heterocycles. The van der Waals surface area contributed by atoms with Crippen LogP contribution in [0.5, 0.6) is 0 Å². The SMILES string of the molecule is Cc1nnc(SCC(=O)N2CCN(c3ccccc3F)CC2)n1-c1ccccc1. The van der Waals surface area contributed by atoms with Gasteiger partial charge in [0.25, 0.3) is 0 Å². The van der Waals surface area contributed by atoms with Gasteiger partial charge in [-0.05, 0) is 31.2 Å². The zero-order valence-corrected chi connectivity index (χ0v) is 17.0. The molecule has 6 nitrogen and oxygen atoms in total. The Morgan fingerprint density at radius 2 is 1.69 bits per heavy atom. The molecule has 0 saturated carbocycles. The van der Waals surface area contributed by atoms with Crippen LogP contribution in [0.15, 0.2) is 59.8 Å². The Morgan fingerprint density at radius 3 is 2.41 bits per heavy atom. The molecule has 0 spiro atoms. The molecular formula is C21H22FN5OS. The maximum absolute atomic E-state index is 14.0. The monoisotopic (exact) mass is 411 g/mol. The number of hydrogen-bond acceptors (Lipinski definition) is 5. The number of halogens is 1. The number of para-hydroxylation sites is 2. The van der Waals surface area contributed by atoms with Crippen LogP contribution in [0.3, 0.4) is 0 Å². The predicted molar refractivity (Wildman–Crippen MR) is 112 cm³/mol. The highest BCUT2D eigenvalue weighted by Gasteiger charge is 2.23. The van der Waals surface area contributed by atoms with Crippen LogP contribution in [0, 0.1) is 12.7 Å². The molecule has 3 aromatic rings. The van der Waals surface area contributed by atoms with Gasteiger partial charge in [-0.25, -0.2) is 4.39 Å². The van der Waals surface area contributed by atoms with E-state index in [1.54, 1.807) is 12.1 Å². The van der Waals surface area contributed by atoms with Crippen LogP contribution < -0.4 is 4.90 Å². The van der Waals surface area contributed by atoms with E-state index in [4.69, 9.17) is 0 Å². The molecule has 8 heteroatoms. The van der Waals surface area contributed by atoms with E-state index in [2.05, 4.69) is 10.2 Å². The summed E-state index contributed by atoms with van der Waals surface area (Å²) >= 11 is 1.39. The Morgan fingerprint density at radius 1 is 1.00 bits per heavy atom. The summed E-state index contributed by atoms with van der Waals surface area (Å²) in [4.78, 5) is 16.5. The van der Waals surface area contributed by atoms with Crippen LogP contribution in [0.4, 0.5) is 10.1 Å². The van der Waals surface area contributed by atoms with Gasteiger partial charge in [0, 0.05) is 31.9 Å². The van der Waals surface area contributed by atoms with E-state index >= 15 is 0 Å². The van der Waals surface area contributed by atoms with Crippen molar-refractivity contribution in [3.8, 4) is 5.69 Å². The first-order valence-corrected chi connectivity index (χ1v) is 10.5. The first-order chi connectivity index (χ1) is 14.1. The second kappa shape index (κ2) is 8.65. The minimum atomic E-state index is -0.224. The molecule has 1 amide bonds. The molecule has 1 aliphatic heterocycles. The quantitative estimate of drug-likeness (QED) is 0.604. The number of piperazine rings is 1. The van der Waals surface area contributed by atoms with Gasteiger partial charge in [0.2, 0.25) is 5.91 Å². The molecule has 0 radical (unpaired) electrons. The third-order valence-corrected chi connectivity index (χ3v) is 5.87. The van der Waals surface area contributed by atoms with E-state index < -0.39 is 0 Å². The molecule has 1 fully saturated rings. The van der Waals surface area contributed by atoms with Gasteiger partial charge in [0.1, 0.15) is 11.6 Å². The van der Waals surface area contributed by atoms with Crippen LogP contribution in [0.1, 0.15) is 5.82 Å². The number of anilines is 1. The van der Waals surface area contributed by atoms with Gasteiger partial charge in [0.15, 0.2) is 5.16 Å². The highest BCUT2D eigenvalue weighted by molar-refractivity contribution is 7.99. The number of amides is 1. The average molecular weight is 412 g/mol. The molecule has 29 heavy (non-hydrogen) atoms. The molecule has 0 N–H and O–H groups in total. The molecule has 2 heterocycles. The Kier molecular flexibility index (Phi) is 5.80. The number of rotatable bonds is 5. The first kappa shape index (κ1) is 19.4. The molecule has 1 aromatic heterocycles. The molecule has 1 aliphatic rings. The second-order valence-corrected chi connectivity index (χ2v) is 7.75. The summed E-state index contributed by atoms with van der Waals surface area (Å²) in [6.07, 6.45) is 0. The lowest BCUT2D eigenvalue weighted by Gasteiger charge is -2.36. The second-order valence-electron chi connectivity index (χ2n) is 6.81. The van der Waals surface area contributed by atoms with Crippen molar-refractivity contribution in [3.63, 3.8) is 0 Å². The van der Waals surface area contributed by atoms with Crippen molar-refractivity contribution in [2.75, 3.05) is 36.8 Å². The van der Waals surface area contributed by atoms with Gasteiger partial charge in [-0.2, -0.15) is 0 Å². The van der Waals surface area contributed by atoms with E-state index in [9.17, 15) is 9.18 Å². The molecule has 2 aromatic carbocycles. The number of carbonyl (C=O) groups is 1. The Bertz CT molecular complexity index is 986. The fraction of sp³-hybridized carbons (Fsp3) is 0.286. The molecule has 4 rings (SSSR count). The third-order valence-electron chi connectivity index (χ3n) is 4.96. The van der Waals surface area contributed by atoms with Crippen molar-refractivity contribution < 1.29 is 9.18 Å². The van der Waals surface area contributed by atoms with E-state index in [1.165, 1.54) is 17.8 Å². The maximum Gasteiger partial charge on any atom is 0.233 e. The van der Waals surface area contributed by atoms with Crippen molar-refractivity contribution in [2.24, 2.45) is 0 Å².